The molecule has 1 aliphatic carbocycles. The third-order valence-electron chi connectivity index (χ3n) is 4.53. The monoisotopic (exact) mass is 353 g/mol. The highest BCUT2D eigenvalue weighted by molar-refractivity contribution is 9.10. The van der Waals surface area contributed by atoms with Gasteiger partial charge in [0, 0.05) is 16.1 Å². The van der Waals surface area contributed by atoms with Gasteiger partial charge in [-0.15, -0.1) is 0 Å². The van der Waals surface area contributed by atoms with Crippen molar-refractivity contribution in [3.8, 4) is 11.5 Å². The van der Waals surface area contributed by atoms with Gasteiger partial charge in [-0.1, -0.05) is 22.4 Å². The second kappa shape index (κ2) is 7.01. The quantitative estimate of drug-likeness (QED) is 0.865. The maximum atomic E-state index is 6.23. The van der Waals surface area contributed by atoms with E-state index in [9.17, 15) is 0 Å². The van der Waals surface area contributed by atoms with Crippen LogP contribution in [0.4, 0.5) is 0 Å². The van der Waals surface area contributed by atoms with E-state index in [1.165, 1.54) is 44.1 Å². The van der Waals surface area contributed by atoms with E-state index in [2.05, 4.69) is 27.3 Å². The Morgan fingerprint density at radius 2 is 2.05 bits per heavy atom. The molecule has 1 aliphatic heterocycles. The lowest BCUT2D eigenvalue weighted by Gasteiger charge is -2.30. The van der Waals surface area contributed by atoms with Gasteiger partial charge in [-0.25, -0.2) is 0 Å². The molecule has 0 spiro atoms. The number of hydrogen-bond donors (Lipinski definition) is 1. The molecule has 1 atom stereocenters. The van der Waals surface area contributed by atoms with Gasteiger partial charge in [0.25, 0.3) is 0 Å². The van der Waals surface area contributed by atoms with E-state index in [1.54, 1.807) is 7.11 Å². The predicted octanol–water partition coefficient (Wildman–Crippen LogP) is 4.07. The molecule has 3 rings (SSSR count). The molecule has 4 heteroatoms. The molecule has 116 valence electrons. The van der Waals surface area contributed by atoms with Gasteiger partial charge in [0.1, 0.15) is 0 Å². The summed E-state index contributed by atoms with van der Waals surface area (Å²) in [5.74, 6) is 1.81. The first-order valence-corrected chi connectivity index (χ1v) is 8.82. The zero-order valence-corrected chi connectivity index (χ0v) is 14.2. The van der Waals surface area contributed by atoms with E-state index >= 15 is 0 Å². The molecule has 1 N–H and O–H groups in total. The standard InChI is InChI=1S/C17H24BrNO2/c1-20-16-11-13(18)9-12(10-14-5-2-3-8-19-14)17(16)21-15-6-4-7-15/h9,11,14-15,19H,2-8,10H2,1H3. The van der Waals surface area contributed by atoms with Crippen LogP contribution in [0.2, 0.25) is 0 Å². The maximum Gasteiger partial charge on any atom is 0.164 e. The molecular weight excluding hydrogens is 330 g/mol. The summed E-state index contributed by atoms with van der Waals surface area (Å²) in [5, 5.41) is 3.62. The van der Waals surface area contributed by atoms with Crippen molar-refractivity contribution in [2.24, 2.45) is 0 Å². The fourth-order valence-corrected chi connectivity index (χ4v) is 3.56. The minimum absolute atomic E-state index is 0.373. The van der Waals surface area contributed by atoms with Crippen LogP contribution in [0.25, 0.3) is 0 Å². The second-order valence-corrected chi connectivity index (χ2v) is 7.03. The number of rotatable bonds is 5. The van der Waals surface area contributed by atoms with Crippen LogP contribution in [0.15, 0.2) is 16.6 Å². The molecule has 0 radical (unpaired) electrons. The van der Waals surface area contributed by atoms with E-state index in [1.807, 2.05) is 6.07 Å². The highest BCUT2D eigenvalue weighted by Gasteiger charge is 2.24. The van der Waals surface area contributed by atoms with Crippen molar-refractivity contribution in [3.63, 3.8) is 0 Å². The number of ether oxygens (including phenoxy) is 2. The molecule has 1 aromatic carbocycles. The van der Waals surface area contributed by atoms with E-state index < -0.39 is 0 Å². The third kappa shape index (κ3) is 3.72. The largest absolute Gasteiger partial charge is 0.493 e. The van der Waals surface area contributed by atoms with Gasteiger partial charge in [0.05, 0.1) is 13.2 Å². The molecule has 1 saturated heterocycles. The first-order valence-electron chi connectivity index (χ1n) is 8.02. The van der Waals surface area contributed by atoms with Gasteiger partial charge in [0.15, 0.2) is 11.5 Å². The van der Waals surface area contributed by atoms with Gasteiger partial charge in [-0.05, 0) is 57.2 Å². The molecule has 1 unspecified atom stereocenters. The molecule has 0 aromatic heterocycles. The zero-order valence-electron chi connectivity index (χ0n) is 12.7. The minimum atomic E-state index is 0.373. The van der Waals surface area contributed by atoms with Crippen LogP contribution >= 0.6 is 15.9 Å². The highest BCUT2D eigenvalue weighted by atomic mass is 79.9. The predicted molar refractivity (Wildman–Crippen MR) is 88.3 cm³/mol. The van der Waals surface area contributed by atoms with Gasteiger partial charge in [-0.3, -0.25) is 0 Å². The van der Waals surface area contributed by atoms with Crippen LogP contribution in [-0.2, 0) is 6.42 Å². The van der Waals surface area contributed by atoms with Crippen molar-refractivity contribution in [1.82, 2.24) is 5.32 Å². The molecule has 1 heterocycles. The Bertz CT molecular complexity index is 482. The summed E-state index contributed by atoms with van der Waals surface area (Å²) < 4.78 is 12.8. The summed E-state index contributed by atoms with van der Waals surface area (Å²) in [6.45, 7) is 1.13. The normalized spacial score (nSPS) is 22.7. The van der Waals surface area contributed by atoms with Crippen LogP contribution in [0.5, 0.6) is 11.5 Å². The molecule has 0 amide bonds. The molecule has 3 nitrogen and oxygen atoms in total. The Morgan fingerprint density at radius 1 is 1.19 bits per heavy atom. The van der Waals surface area contributed by atoms with Crippen LogP contribution in [-0.4, -0.2) is 25.8 Å². The number of benzene rings is 1. The third-order valence-corrected chi connectivity index (χ3v) is 4.99. The Kier molecular flexibility index (Phi) is 5.07. The van der Waals surface area contributed by atoms with E-state index in [0.29, 0.717) is 12.1 Å². The Hall–Kier alpha value is -0.740. The van der Waals surface area contributed by atoms with Gasteiger partial charge < -0.3 is 14.8 Å². The first-order chi connectivity index (χ1) is 10.3. The molecule has 1 saturated carbocycles. The number of halogens is 1. The molecule has 21 heavy (non-hydrogen) atoms. The summed E-state index contributed by atoms with van der Waals surface area (Å²) in [7, 11) is 1.72. The highest BCUT2D eigenvalue weighted by Crippen LogP contribution is 2.39. The van der Waals surface area contributed by atoms with Gasteiger partial charge in [-0.2, -0.15) is 0 Å². The summed E-state index contributed by atoms with van der Waals surface area (Å²) in [6.07, 6.45) is 8.86. The Labute approximate surface area is 135 Å². The lowest BCUT2D eigenvalue weighted by Crippen LogP contribution is -2.36. The van der Waals surface area contributed by atoms with Crippen molar-refractivity contribution in [2.75, 3.05) is 13.7 Å². The lowest BCUT2D eigenvalue weighted by molar-refractivity contribution is 0.114. The number of nitrogens with one attached hydrogen (secondary N) is 1. The Balaban J connectivity index is 1.82. The number of piperidine rings is 1. The topological polar surface area (TPSA) is 30.5 Å². The van der Waals surface area contributed by atoms with E-state index in [0.717, 1.165) is 28.9 Å². The SMILES string of the molecule is COc1cc(Br)cc(CC2CCCCN2)c1OC1CCC1. The van der Waals surface area contributed by atoms with Gasteiger partial charge in [0.2, 0.25) is 0 Å². The number of methoxy groups -OCH3 is 1. The van der Waals surface area contributed by atoms with Crippen LogP contribution < -0.4 is 14.8 Å². The van der Waals surface area contributed by atoms with E-state index in [-0.39, 0.29) is 0 Å². The maximum absolute atomic E-state index is 6.23. The molecule has 2 fully saturated rings. The summed E-state index contributed by atoms with van der Waals surface area (Å²) in [6, 6.07) is 4.75. The molecular formula is C17H24BrNO2. The van der Waals surface area contributed by atoms with Crippen LogP contribution in [0.3, 0.4) is 0 Å². The van der Waals surface area contributed by atoms with Crippen LogP contribution in [0.1, 0.15) is 44.1 Å². The first kappa shape index (κ1) is 15.2. The summed E-state index contributed by atoms with van der Waals surface area (Å²) in [5.41, 5.74) is 1.26. The smallest absolute Gasteiger partial charge is 0.164 e. The van der Waals surface area contributed by atoms with Crippen molar-refractivity contribution < 1.29 is 9.47 Å². The van der Waals surface area contributed by atoms with Crippen molar-refractivity contribution in [3.05, 3.63) is 22.2 Å². The van der Waals surface area contributed by atoms with Crippen LogP contribution in [0, 0.1) is 0 Å². The van der Waals surface area contributed by atoms with Crippen molar-refractivity contribution >= 4 is 15.9 Å². The Morgan fingerprint density at radius 3 is 2.67 bits per heavy atom. The van der Waals surface area contributed by atoms with Crippen molar-refractivity contribution in [2.45, 2.75) is 57.1 Å². The fourth-order valence-electron chi connectivity index (χ4n) is 3.08. The summed E-state index contributed by atoms with van der Waals surface area (Å²) in [4.78, 5) is 0. The summed E-state index contributed by atoms with van der Waals surface area (Å²) >= 11 is 3.59. The second-order valence-electron chi connectivity index (χ2n) is 6.12. The van der Waals surface area contributed by atoms with E-state index in [4.69, 9.17) is 9.47 Å². The average molecular weight is 354 g/mol. The minimum Gasteiger partial charge on any atom is -0.493 e. The van der Waals surface area contributed by atoms with Gasteiger partial charge >= 0.3 is 0 Å². The number of hydrogen-bond acceptors (Lipinski definition) is 3. The lowest BCUT2D eigenvalue weighted by atomic mass is 9.95. The average Bonchev–Trinajstić information content (AvgIpc) is 2.45. The fraction of sp³-hybridized carbons (Fsp3) is 0.647. The molecule has 0 bridgehead atoms. The zero-order chi connectivity index (χ0) is 14.7. The van der Waals surface area contributed by atoms with Crippen molar-refractivity contribution in [1.29, 1.82) is 0 Å². The molecule has 1 aromatic rings. The molecule has 2 aliphatic rings.